The first-order valence-electron chi connectivity index (χ1n) is 12.1. The second-order valence-corrected chi connectivity index (χ2v) is 12.1. The molecule has 194 valence electrons. The third kappa shape index (κ3) is 6.22. The quantitative estimate of drug-likeness (QED) is 0.360. The van der Waals surface area contributed by atoms with Crippen LogP contribution in [0, 0.1) is 21.4 Å². The van der Waals surface area contributed by atoms with E-state index in [0.29, 0.717) is 12.0 Å². The summed E-state index contributed by atoms with van der Waals surface area (Å²) in [7, 11) is 0. The lowest BCUT2D eigenvalue weighted by atomic mass is 9.80. The highest BCUT2D eigenvalue weighted by Crippen LogP contribution is 2.49. The molecule has 1 saturated carbocycles. The van der Waals surface area contributed by atoms with Gasteiger partial charge in [-0.1, -0.05) is 51.6 Å². The zero-order valence-corrected chi connectivity index (χ0v) is 21.8. The lowest BCUT2D eigenvalue weighted by Crippen LogP contribution is -2.65. The largest absolute Gasteiger partial charge is 0.477 e. The van der Waals surface area contributed by atoms with Crippen LogP contribution >= 0.6 is 11.8 Å². The number of carboxylic acid groups (broad SMARTS) is 1. The Balaban J connectivity index is 1.96. The van der Waals surface area contributed by atoms with Crippen molar-refractivity contribution < 1.29 is 29.1 Å². The van der Waals surface area contributed by atoms with Crippen molar-refractivity contribution in [1.82, 2.24) is 5.32 Å². The van der Waals surface area contributed by atoms with Gasteiger partial charge in [-0.3, -0.25) is 14.9 Å². The van der Waals surface area contributed by atoms with Gasteiger partial charge in [-0.25, -0.2) is 4.79 Å². The molecule has 0 bridgehead atoms. The SMILES string of the molecule is CC(=O)SC1CCC(N[C@@H](CC(C)C)C2(C(=O)O)OCC(C)(C)C(c3ccccc3[N+](=O)[O-])O2)C1. The van der Waals surface area contributed by atoms with E-state index in [4.69, 9.17) is 9.47 Å². The molecule has 9 nitrogen and oxygen atoms in total. The molecule has 2 N–H and O–H groups in total. The van der Waals surface area contributed by atoms with Crippen LogP contribution in [-0.2, 0) is 19.1 Å². The van der Waals surface area contributed by atoms with Crippen molar-refractivity contribution in [3.63, 3.8) is 0 Å². The molecule has 4 unspecified atom stereocenters. The number of para-hydroxylation sites is 1. The minimum absolute atomic E-state index is 0.0125. The molecule has 1 aliphatic carbocycles. The minimum atomic E-state index is -2.01. The van der Waals surface area contributed by atoms with Crippen molar-refractivity contribution in [2.75, 3.05) is 6.61 Å². The van der Waals surface area contributed by atoms with Gasteiger partial charge in [0.25, 0.3) is 11.5 Å². The summed E-state index contributed by atoms with van der Waals surface area (Å²) >= 11 is 1.33. The van der Waals surface area contributed by atoms with Gasteiger partial charge in [-0.05, 0) is 37.7 Å². The first kappa shape index (κ1) is 27.6. The van der Waals surface area contributed by atoms with Gasteiger partial charge in [-0.15, -0.1) is 0 Å². The Hall–Kier alpha value is -2.01. The fourth-order valence-electron chi connectivity index (χ4n) is 5.06. The zero-order valence-electron chi connectivity index (χ0n) is 21.0. The van der Waals surface area contributed by atoms with Gasteiger partial charge in [0, 0.05) is 29.7 Å². The van der Waals surface area contributed by atoms with Crippen LogP contribution in [0.5, 0.6) is 0 Å². The van der Waals surface area contributed by atoms with Crippen molar-refractivity contribution in [2.24, 2.45) is 11.3 Å². The Morgan fingerprint density at radius 3 is 2.57 bits per heavy atom. The molecule has 1 heterocycles. The number of carbonyl (C=O) groups excluding carboxylic acids is 1. The summed E-state index contributed by atoms with van der Waals surface area (Å²) in [5, 5.41) is 26.0. The predicted octanol–water partition coefficient (Wildman–Crippen LogP) is 4.69. The van der Waals surface area contributed by atoms with Crippen LogP contribution in [0.25, 0.3) is 0 Å². The van der Waals surface area contributed by atoms with Crippen LogP contribution in [0.3, 0.4) is 0 Å². The van der Waals surface area contributed by atoms with Gasteiger partial charge in [0.05, 0.1) is 23.1 Å². The third-order valence-corrected chi connectivity index (χ3v) is 7.79. The van der Waals surface area contributed by atoms with E-state index in [1.54, 1.807) is 25.1 Å². The summed E-state index contributed by atoms with van der Waals surface area (Å²) in [4.78, 5) is 35.6. The van der Waals surface area contributed by atoms with E-state index in [0.717, 1.165) is 19.3 Å². The molecule has 0 radical (unpaired) electrons. The zero-order chi connectivity index (χ0) is 26.0. The normalized spacial score (nSPS) is 29.1. The van der Waals surface area contributed by atoms with Crippen molar-refractivity contribution in [1.29, 1.82) is 0 Å². The molecular weight excluding hydrogens is 472 g/mol. The van der Waals surface area contributed by atoms with E-state index in [1.165, 1.54) is 17.8 Å². The average molecular weight is 509 g/mol. The number of benzene rings is 1. The van der Waals surface area contributed by atoms with Crippen LogP contribution in [0.4, 0.5) is 5.69 Å². The van der Waals surface area contributed by atoms with Gasteiger partial charge in [-0.2, -0.15) is 0 Å². The summed E-state index contributed by atoms with van der Waals surface area (Å²) in [5.41, 5.74) is -0.483. The number of rotatable bonds is 9. The number of nitro groups is 1. The number of hydrogen-bond acceptors (Lipinski definition) is 8. The van der Waals surface area contributed by atoms with Crippen molar-refractivity contribution >= 4 is 28.5 Å². The Morgan fingerprint density at radius 2 is 1.97 bits per heavy atom. The molecule has 1 saturated heterocycles. The Bertz CT molecular complexity index is 953. The number of carboxylic acids is 1. The predicted molar refractivity (Wildman–Crippen MR) is 133 cm³/mol. The van der Waals surface area contributed by atoms with E-state index in [-0.39, 0.29) is 34.6 Å². The lowest BCUT2D eigenvalue weighted by Gasteiger charge is -2.50. The molecule has 2 aliphatic rings. The number of nitrogens with zero attached hydrogens (tertiary/aromatic N) is 1. The summed E-state index contributed by atoms with van der Waals surface area (Å²) in [6.07, 6.45) is 2.03. The van der Waals surface area contributed by atoms with Crippen molar-refractivity contribution in [2.45, 2.75) is 89.5 Å². The number of hydrogen-bond donors (Lipinski definition) is 2. The lowest BCUT2D eigenvalue weighted by molar-refractivity contribution is -0.389. The number of aliphatic carboxylic acids is 1. The van der Waals surface area contributed by atoms with E-state index in [2.05, 4.69) is 5.32 Å². The molecular formula is C25H36N2O7S. The Morgan fingerprint density at radius 1 is 1.29 bits per heavy atom. The molecule has 5 atom stereocenters. The van der Waals surface area contributed by atoms with E-state index in [1.807, 2.05) is 27.7 Å². The third-order valence-electron chi connectivity index (χ3n) is 6.70. The molecule has 2 fully saturated rings. The van der Waals surface area contributed by atoms with Crippen molar-refractivity contribution in [3.05, 3.63) is 39.9 Å². The average Bonchev–Trinajstić information content (AvgIpc) is 3.19. The smallest absolute Gasteiger partial charge is 0.366 e. The molecule has 1 aromatic carbocycles. The van der Waals surface area contributed by atoms with Crippen LogP contribution in [0.2, 0.25) is 0 Å². The maximum Gasteiger partial charge on any atom is 0.366 e. The number of nitrogens with one attached hydrogen (secondary N) is 1. The Labute approximate surface area is 210 Å². The molecule has 0 amide bonds. The number of nitro benzene ring substituents is 1. The van der Waals surface area contributed by atoms with Crippen LogP contribution < -0.4 is 5.32 Å². The molecule has 1 aromatic rings. The monoisotopic (exact) mass is 508 g/mol. The van der Waals surface area contributed by atoms with Crippen molar-refractivity contribution in [3.8, 4) is 0 Å². The van der Waals surface area contributed by atoms with Crippen LogP contribution in [0.15, 0.2) is 24.3 Å². The molecule has 10 heteroatoms. The van der Waals surface area contributed by atoms with Gasteiger partial charge in [0.15, 0.2) is 5.12 Å². The minimum Gasteiger partial charge on any atom is -0.477 e. The highest BCUT2D eigenvalue weighted by atomic mass is 32.2. The standard InChI is InChI=1S/C25H36N2O7S/c1-15(2)12-21(26-17-10-11-18(13-17)35-16(3)28)25(23(29)30)33-14-24(4,5)22(34-25)19-8-6-7-9-20(19)27(31)32/h6-9,15,17-18,21-22,26H,10-14H2,1-5H3,(H,29,30)/t17?,18?,21-,22?,25?/m0/s1. The first-order chi connectivity index (χ1) is 16.4. The summed E-state index contributed by atoms with van der Waals surface area (Å²) in [6.45, 7) is 9.32. The number of carbonyl (C=O) groups is 2. The van der Waals surface area contributed by atoms with Gasteiger partial charge >= 0.3 is 5.97 Å². The fraction of sp³-hybridized carbons (Fsp3) is 0.680. The molecule has 0 aromatic heterocycles. The second kappa shape index (κ2) is 10.9. The van der Waals surface area contributed by atoms with E-state index < -0.39 is 34.2 Å². The van der Waals surface area contributed by atoms with Gasteiger partial charge in [0.1, 0.15) is 6.10 Å². The molecule has 0 spiro atoms. The molecule has 1 aliphatic heterocycles. The fourth-order valence-corrected chi connectivity index (χ4v) is 6.12. The maximum atomic E-state index is 12.8. The number of thioether (sulfide) groups is 1. The second-order valence-electron chi connectivity index (χ2n) is 10.7. The van der Waals surface area contributed by atoms with E-state index in [9.17, 15) is 24.8 Å². The van der Waals surface area contributed by atoms with Gasteiger partial charge in [0.2, 0.25) is 0 Å². The maximum absolute atomic E-state index is 12.8. The summed E-state index contributed by atoms with van der Waals surface area (Å²) < 4.78 is 12.4. The number of ether oxygens (including phenoxy) is 2. The highest BCUT2D eigenvalue weighted by Gasteiger charge is 2.58. The summed E-state index contributed by atoms with van der Waals surface area (Å²) in [5.74, 6) is -3.14. The van der Waals surface area contributed by atoms with Crippen LogP contribution in [-0.4, -0.2) is 50.8 Å². The van der Waals surface area contributed by atoms with Gasteiger partial charge < -0.3 is 19.9 Å². The molecule has 3 rings (SSSR count). The van der Waals surface area contributed by atoms with E-state index >= 15 is 0 Å². The highest BCUT2D eigenvalue weighted by molar-refractivity contribution is 8.14. The first-order valence-corrected chi connectivity index (χ1v) is 13.0. The topological polar surface area (TPSA) is 128 Å². The Kier molecular flexibility index (Phi) is 8.62. The van der Waals surface area contributed by atoms with Crippen LogP contribution in [0.1, 0.15) is 72.0 Å². The molecule has 35 heavy (non-hydrogen) atoms. The summed E-state index contributed by atoms with van der Waals surface area (Å²) in [6, 6.07) is 5.62.